The number of rotatable bonds is 3. The SMILES string of the molecule is CC(C)(C)C(=O)N(CCC(=O)O)C(C)(C)C. The molecule has 0 saturated heterocycles. The topological polar surface area (TPSA) is 57.6 Å². The van der Waals surface area contributed by atoms with Gasteiger partial charge in [0.1, 0.15) is 0 Å². The second-order valence-electron chi connectivity index (χ2n) is 6.02. The number of carboxylic acid groups (broad SMARTS) is 1. The number of aliphatic carboxylic acids is 1. The van der Waals surface area contributed by atoms with Crippen molar-refractivity contribution in [1.82, 2.24) is 4.90 Å². The van der Waals surface area contributed by atoms with E-state index in [0.29, 0.717) is 0 Å². The van der Waals surface area contributed by atoms with Crippen molar-refractivity contribution in [2.45, 2.75) is 53.5 Å². The summed E-state index contributed by atoms with van der Waals surface area (Å²) in [5, 5.41) is 8.67. The largest absolute Gasteiger partial charge is 0.481 e. The molecule has 94 valence electrons. The van der Waals surface area contributed by atoms with Crippen LogP contribution in [0, 0.1) is 5.41 Å². The summed E-state index contributed by atoms with van der Waals surface area (Å²) in [6.07, 6.45) is -0.0148. The van der Waals surface area contributed by atoms with Crippen molar-refractivity contribution in [2.75, 3.05) is 6.54 Å². The molecule has 0 aromatic heterocycles. The molecule has 4 heteroatoms. The Morgan fingerprint density at radius 1 is 1.06 bits per heavy atom. The van der Waals surface area contributed by atoms with Gasteiger partial charge in [-0.05, 0) is 20.8 Å². The fourth-order valence-electron chi connectivity index (χ4n) is 1.35. The highest BCUT2D eigenvalue weighted by Crippen LogP contribution is 2.24. The smallest absolute Gasteiger partial charge is 0.305 e. The molecule has 0 rings (SSSR count). The van der Waals surface area contributed by atoms with Crippen LogP contribution in [-0.4, -0.2) is 34.0 Å². The van der Waals surface area contributed by atoms with Gasteiger partial charge in [0.15, 0.2) is 0 Å². The second-order valence-corrected chi connectivity index (χ2v) is 6.02. The number of carbonyl (C=O) groups excluding carboxylic acids is 1. The molecule has 0 radical (unpaired) electrons. The first-order valence-corrected chi connectivity index (χ1v) is 5.50. The third-order valence-corrected chi connectivity index (χ3v) is 2.25. The van der Waals surface area contributed by atoms with Gasteiger partial charge < -0.3 is 10.0 Å². The van der Waals surface area contributed by atoms with Crippen molar-refractivity contribution in [3.05, 3.63) is 0 Å². The molecule has 0 saturated carbocycles. The van der Waals surface area contributed by atoms with E-state index >= 15 is 0 Å². The minimum Gasteiger partial charge on any atom is -0.481 e. The van der Waals surface area contributed by atoms with E-state index in [9.17, 15) is 9.59 Å². The lowest BCUT2D eigenvalue weighted by Gasteiger charge is -2.39. The summed E-state index contributed by atoms with van der Waals surface area (Å²) in [5.41, 5.74) is -0.828. The Bertz CT molecular complexity index is 271. The lowest BCUT2D eigenvalue weighted by atomic mass is 9.91. The van der Waals surface area contributed by atoms with Crippen LogP contribution in [0.4, 0.5) is 0 Å². The summed E-state index contributed by atoms with van der Waals surface area (Å²) < 4.78 is 0. The summed E-state index contributed by atoms with van der Waals surface area (Å²) in [4.78, 5) is 24.4. The summed E-state index contributed by atoms with van der Waals surface area (Å²) >= 11 is 0. The van der Waals surface area contributed by atoms with E-state index in [-0.39, 0.29) is 24.4 Å². The van der Waals surface area contributed by atoms with Crippen molar-refractivity contribution in [2.24, 2.45) is 5.41 Å². The van der Waals surface area contributed by atoms with Crippen molar-refractivity contribution in [3.8, 4) is 0 Å². The van der Waals surface area contributed by atoms with Gasteiger partial charge in [0, 0.05) is 17.5 Å². The monoisotopic (exact) mass is 229 g/mol. The molecule has 0 spiro atoms. The van der Waals surface area contributed by atoms with Gasteiger partial charge in [0.2, 0.25) is 5.91 Å². The zero-order valence-electron chi connectivity index (χ0n) is 11.1. The summed E-state index contributed by atoms with van der Waals surface area (Å²) in [7, 11) is 0. The summed E-state index contributed by atoms with van der Waals surface area (Å²) in [6, 6.07) is 0. The second kappa shape index (κ2) is 4.85. The van der Waals surface area contributed by atoms with Gasteiger partial charge >= 0.3 is 5.97 Å². The van der Waals surface area contributed by atoms with Crippen LogP contribution in [0.3, 0.4) is 0 Å². The lowest BCUT2D eigenvalue weighted by molar-refractivity contribution is -0.146. The maximum Gasteiger partial charge on any atom is 0.305 e. The molecule has 0 fully saturated rings. The third-order valence-electron chi connectivity index (χ3n) is 2.25. The van der Waals surface area contributed by atoms with Crippen molar-refractivity contribution in [3.63, 3.8) is 0 Å². The molecule has 0 aromatic carbocycles. The standard InChI is InChI=1S/C12H23NO3/c1-11(2,3)10(16)13(12(4,5)6)8-7-9(14)15/h7-8H2,1-6H3,(H,14,15). The van der Waals surface area contributed by atoms with Crippen LogP contribution in [0.5, 0.6) is 0 Å². The molecule has 0 aliphatic heterocycles. The molecular formula is C12H23NO3. The fraction of sp³-hybridized carbons (Fsp3) is 0.833. The zero-order chi connectivity index (χ0) is 13.1. The van der Waals surface area contributed by atoms with E-state index < -0.39 is 11.4 Å². The Balaban J connectivity index is 4.83. The lowest BCUT2D eigenvalue weighted by Crippen LogP contribution is -2.50. The van der Waals surface area contributed by atoms with Crippen LogP contribution in [0.25, 0.3) is 0 Å². The Morgan fingerprint density at radius 2 is 1.50 bits per heavy atom. The van der Waals surface area contributed by atoms with Gasteiger partial charge in [-0.3, -0.25) is 9.59 Å². The van der Waals surface area contributed by atoms with E-state index in [0.717, 1.165) is 0 Å². The van der Waals surface area contributed by atoms with Crippen LogP contribution in [0.1, 0.15) is 48.0 Å². The van der Waals surface area contributed by atoms with E-state index in [4.69, 9.17) is 5.11 Å². The van der Waals surface area contributed by atoms with Crippen molar-refractivity contribution in [1.29, 1.82) is 0 Å². The fourth-order valence-corrected chi connectivity index (χ4v) is 1.35. The Kier molecular flexibility index (Phi) is 4.53. The maximum absolute atomic E-state index is 12.2. The van der Waals surface area contributed by atoms with E-state index in [2.05, 4.69) is 0 Å². The Labute approximate surface area is 97.6 Å². The van der Waals surface area contributed by atoms with Gasteiger partial charge in [-0.2, -0.15) is 0 Å². The molecule has 0 atom stereocenters. The van der Waals surface area contributed by atoms with Gasteiger partial charge in [0.05, 0.1) is 6.42 Å². The van der Waals surface area contributed by atoms with E-state index in [1.807, 2.05) is 41.5 Å². The molecule has 1 N–H and O–H groups in total. The molecular weight excluding hydrogens is 206 g/mol. The number of amides is 1. The molecule has 0 aromatic rings. The highest BCUT2D eigenvalue weighted by molar-refractivity contribution is 5.82. The number of hydrogen-bond donors (Lipinski definition) is 1. The normalized spacial score (nSPS) is 12.4. The summed E-state index contributed by atoms with van der Waals surface area (Å²) in [5.74, 6) is -0.891. The van der Waals surface area contributed by atoms with Gasteiger partial charge in [0.25, 0.3) is 0 Å². The highest BCUT2D eigenvalue weighted by Gasteiger charge is 2.33. The molecule has 16 heavy (non-hydrogen) atoms. The Morgan fingerprint density at radius 3 is 1.75 bits per heavy atom. The first-order valence-electron chi connectivity index (χ1n) is 5.50. The molecule has 0 bridgehead atoms. The minimum atomic E-state index is -0.879. The van der Waals surface area contributed by atoms with E-state index in [1.165, 1.54) is 0 Å². The van der Waals surface area contributed by atoms with Crippen LogP contribution < -0.4 is 0 Å². The average Bonchev–Trinajstić information content (AvgIpc) is 1.99. The van der Waals surface area contributed by atoms with Crippen LogP contribution in [0.2, 0.25) is 0 Å². The number of carboxylic acids is 1. The quantitative estimate of drug-likeness (QED) is 0.806. The predicted molar refractivity (Wildman–Crippen MR) is 63.2 cm³/mol. The zero-order valence-corrected chi connectivity index (χ0v) is 11.1. The van der Waals surface area contributed by atoms with Crippen LogP contribution in [-0.2, 0) is 9.59 Å². The predicted octanol–water partition coefficient (Wildman–Crippen LogP) is 2.13. The maximum atomic E-state index is 12.2. The minimum absolute atomic E-state index is 0.0127. The number of nitrogens with zero attached hydrogens (tertiary/aromatic N) is 1. The molecule has 0 aliphatic rings. The number of carbonyl (C=O) groups is 2. The third kappa shape index (κ3) is 4.64. The number of hydrogen-bond acceptors (Lipinski definition) is 2. The first kappa shape index (κ1) is 14.9. The van der Waals surface area contributed by atoms with Gasteiger partial charge in [-0.25, -0.2) is 0 Å². The van der Waals surface area contributed by atoms with Crippen LogP contribution in [0.15, 0.2) is 0 Å². The molecule has 0 aliphatic carbocycles. The highest BCUT2D eigenvalue weighted by atomic mass is 16.4. The van der Waals surface area contributed by atoms with Crippen molar-refractivity contribution < 1.29 is 14.7 Å². The van der Waals surface area contributed by atoms with Crippen LogP contribution >= 0.6 is 0 Å². The van der Waals surface area contributed by atoms with Gasteiger partial charge in [-0.15, -0.1) is 0 Å². The Hall–Kier alpha value is -1.06. The average molecular weight is 229 g/mol. The van der Waals surface area contributed by atoms with Crippen molar-refractivity contribution >= 4 is 11.9 Å². The summed E-state index contributed by atoms with van der Waals surface area (Å²) in [6.45, 7) is 11.5. The molecule has 0 heterocycles. The van der Waals surface area contributed by atoms with E-state index in [1.54, 1.807) is 4.90 Å². The molecule has 4 nitrogen and oxygen atoms in total. The first-order chi connectivity index (χ1) is 6.96. The molecule has 0 unspecified atom stereocenters. The molecule has 1 amide bonds. The van der Waals surface area contributed by atoms with Gasteiger partial charge in [-0.1, -0.05) is 20.8 Å².